The summed E-state index contributed by atoms with van der Waals surface area (Å²) in [5.74, 6) is 4.53. The lowest BCUT2D eigenvalue weighted by molar-refractivity contribution is 0.165. The van der Waals surface area contributed by atoms with Gasteiger partial charge in [-0.25, -0.2) is 0 Å². The van der Waals surface area contributed by atoms with Gasteiger partial charge < -0.3 is 9.47 Å². The SMILES string of the molecule is COc1cccc(C[C@@H]2CC[C@H]3Cc4cccc(OC)c4C[C@@H]3C2)c1. The average Bonchev–Trinajstić information content (AvgIpc) is 2.66. The van der Waals surface area contributed by atoms with Crippen LogP contribution in [0.5, 0.6) is 11.5 Å². The molecule has 0 N–H and O–H groups in total. The lowest BCUT2D eigenvalue weighted by Gasteiger charge is -2.40. The van der Waals surface area contributed by atoms with Gasteiger partial charge in [-0.05, 0) is 91.2 Å². The quantitative estimate of drug-likeness (QED) is 0.775. The van der Waals surface area contributed by atoms with Crippen LogP contribution in [0.1, 0.15) is 36.0 Å². The molecule has 132 valence electrons. The minimum Gasteiger partial charge on any atom is -0.497 e. The molecule has 0 aliphatic heterocycles. The van der Waals surface area contributed by atoms with Crippen LogP contribution in [-0.2, 0) is 19.3 Å². The zero-order valence-corrected chi connectivity index (χ0v) is 15.3. The molecule has 0 spiro atoms. The first-order chi connectivity index (χ1) is 12.3. The van der Waals surface area contributed by atoms with E-state index in [4.69, 9.17) is 9.47 Å². The first-order valence-electron chi connectivity index (χ1n) is 9.54. The number of methoxy groups -OCH3 is 2. The van der Waals surface area contributed by atoms with Gasteiger partial charge in [0.15, 0.2) is 0 Å². The molecule has 2 aliphatic carbocycles. The molecule has 2 heteroatoms. The van der Waals surface area contributed by atoms with Gasteiger partial charge in [0.2, 0.25) is 0 Å². The van der Waals surface area contributed by atoms with E-state index in [1.165, 1.54) is 55.2 Å². The summed E-state index contributed by atoms with van der Waals surface area (Å²) in [5.41, 5.74) is 4.40. The van der Waals surface area contributed by atoms with Gasteiger partial charge in [0.25, 0.3) is 0 Å². The largest absolute Gasteiger partial charge is 0.497 e. The van der Waals surface area contributed by atoms with Crippen molar-refractivity contribution in [3.63, 3.8) is 0 Å². The van der Waals surface area contributed by atoms with E-state index < -0.39 is 0 Å². The van der Waals surface area contributed by atoms with E-state index in [0.717, 1.165) is 29.3 Å². The van der Waals surface area contributed by atoms with Crippen molar-refractivity contribution in [1.29, 1.82) is 0 Å². The summed E-state index contributed by atoms with van der Waals surface area (Å²) in [4.78, 5) is 0. The Bertz CT molecular complexity index is 737. The molecule has 1 saturated carbocycles. The smallest absolute Gasteiger partial charge is 0.122 e. The van der Waals surface area contributed by atoms with Crippen LogP contribution in [0.3, 0.4) is 0 Å². The fourth-order valence-electron chi connectivity index (χ4n) is 5.03. The number of ether oxygens (including phenoxy) is 2. The molecule has 3 atom stereocenters. The van der Waals surface area contributed by atoms with Crippen LogP contribution in [-0.4, -0.2) is 14.2 Å². The molecule has 4 rings (SSSR count). The second-order valence-corrected chi connectivity index (χ2v) is 7.76. The minimum atomic E-state index is 0.796. The fourth-order valence-corrected chi connectivity index (χ4v) is 5.03. The number of hydrogen-bond acceptors (Lipinski definition) is 2. The molecule has 0 saturated heterocycles. The second-order valence-electron chi connectivity index (χ2n) is 7.76. The topological polar surface area (TPSA) is 18.5 Å². The van der Waals surface area contributed by atoms with Crippen molar-refractivity contribution in [3.8, 4) is 11.5 Å². The molecule has 0 aromatic heterocycles. The van der Waals surface area contributed by atoms with Crippen molar-refractivity contribution < 1.29 is 9.47 Å². The van der Waals surface area contributed by atoms with E-state index in [9.17, 15) is 0 Å². The third-order valence-corrected chi connectivity index (χ3v) is 6.31. The molecule has 25 heavy (non-hydrogen) atoms. The van der Waals surface area contributed by atoms with Crippen LogP contribution in [0, 0.1) is 17.8 Å². The first kappa shape index (κ1) is 16.5. The van der Waals surface area contributed by atoms with Crippen molar-refractivity contribution >= 4 is 0 Å². The monoisotopic (exact) mass is 336 g/mol. The predicted octanol–water partition coefficient (Wildman–Crippen LogP) is 5.08. The molecule has 0 radical (unpaired) electrons. The Hall–Kier alpha value is -1.96. The molecule has 0 heterocycles. The Morgan fingerprint density at radius 3 is 2.64 bits per heavy atom. The predicted molar refractivity (Wildman–Crippen MR) is 101 cm³/mol. The molecule has 0 amide bonds. The van der Waals surface area contributed by atoms with Gasteiger partial charge in [-0.3, -0.25) is 0 Å². The van der Waals surface area contributed by atoms with Crippen LogP contribution >= 0.6 is 0 Å². The molecular formula is C23H28O2. The average molecular weight is 336 g/mol. The summed E-state index contributed by atoms with van der Waals surface area (Å²) in [5, 5.41) is 0. The van der Waals surface area contributed by atoms with Crippen molar-refractivity contribution in [2.45, 2.75) is 38.5 Å². The maximum absolute atomic E-state index is 5.63. The van der Waals surface area contributed by atoms with Crippen LogP contribution in [0.4, 0.5) is 0 Å². The third-order valence-electron chi connectivity index (χ3n) is 6.31. The summed E-state index contributed by atoms with van der Waals surface area (Å²) in [6.07, 6.45) is 7.69. The summed E-state index contributed by atoms with van der Waals surface area (Å²) in [7, 11) is 3.55. The van der Waals surface area contributed by atoms with Gasteiger partial charge >= 0.3 is 0 Å². The lowest BCUT2D eigenvalue weighted by atomic mass is 9.65. The van der Waals surface area contributed by atoms with Crippen LogP contribution in [0.2, 0.25) is 0 Å². The van der Waals surface area contributed by atoms with Gasteiger partial charge in [0.05, 0.1) is 14.2 Å². The molecule has 2 aromatic rings. The van der Waals surface area contributed by atoms with Crippen molar-refractivity contribution in [3.05, 3.63) is 59.2 Å². The molecule has 0 bridgehead atoms. The summed E-state index contributed by atoms with van der Waals surface area (Å²) >= 11 is 0. The Balaban J connectivity index is 1.47. The van der Waals surface area contributed by atoms with E-state index in [1.54, 1.807) is 14.2 Å². The van der Waals surface area contributed by atoms with E-state index in [-0.39, 0.29) is 0 Å². The number of rotatable bonds is 4. The summed E-state index contributed by atoms with van der Waals surface area (Å²) in [6.45, 7) is 0. The van der Waals surface area contributed by atoms with Crippen LogP contribution in [0.15, 0.2) is 42.5 Å². The van der Waals surface area contributed by atoms with E-state index >= 15 is 0 Å². The fraction of sp³-hybridized carbons (Fsp3) is 0.478. The van der Waals surface area contributed by atoms with Gasteiger partial charge in [-0.15, -0.1) is 0 Å². The standard InChI is InChI=1S/C23H28O2/c1-24-21-7-3-5-16(13-21)11-17-9-10-18-14-19-6-4-8-23(25-2)22(19)15-20(18)12-17/h3-8,13,17-18,20H,9-12,14-15H2,1-2H3/t17-,18-,20-/m0/s1. The maximum atomic E-state index is 5.63. The highest BCUT2D eigenvalue weighted by molar-refractivity contribution is 5.42. The normalized spacial score (nSPS) is 25.0. The number of hydrogen-bond donors (Lipinski definition) is 0. The van der Waals surface area contributed by atoms with Crippen molar-refractivity contribution in [2.24, 2.45) is 17.8 Å². The Morgan fingerprint density at radius 1 is 0.920 bits per heavy atom. The molecule has 0 unspecified atom stereocenters. The van der Waals surface area contributed by atoms with Gasteiger partial charge in [-0.1, -0.05) is 24.3 Å². The zero-order valence-electron chi connectivity index (χ0n) is 15.3. The minimum absolute atomic E-state index is 0.796. The van der Waals surface area contributed by atoms with Gasteiger partial charge in [-0.2, -0.15) is 0 Å². The van der Waals surface area contributed by atoms with Gasteiger partial charge in [0, 0.05) is 0 Å². The highest BCUT2D eigenvalue weighted by Crippen LogP contribution is 2.44. The van der Waals surface area contributed by atoms with Crippen molar-refractivity contribution in [1.82, 2.24) is 0 Å². The number of fused-ring (bicyclic) bond motifs is 2. The molecule has 2 aromatic carbocycles. The zero-order chi connectivity index (χ0) is 17.2. The maximum Gasteiger partial charge on any atom is 0.122 e. The summed E-state index contributed by atoms with van der Waals surface area (Å²) in [6, 6.07) is 15.2. The van der Waals surface area contributed by atoms with Crippen LogP contribution in [0.25, 0.3) is 0 Å². The lowest BCUT2D eigenvalue weighted by Crippen LogP contribution is -2.32. The van der Waals surface area contributed by atoms with E-state index in [0.29, 0.717) is 0 Å². The first-order valence-corrected chi connectivity index (χ1v) is 9.54. The third kappa shape index (κ3) is 3.40. The Morgan fingerprint density at radius 2 is 1.80 bits per heavy atom. The Kier molecular flexibility index (Phi) is 4.70. The second kappa shape index (κ2) is 7.11. The van der Waals surface area contributed by atoms with Gasteiger partial charge in [0.1, 0.15) is 11.5 Å². The highest BCUT2D eigenvalue weighted by atomic mass is 16.5. The van der Waals surface area contributed by atoms with Crippen molar-refractivity contribution in [2.75, 3.05) is 14.2 Å². The summed E-state index contributed by atoms with van der Waals surface area (Å²) < 4.78 is 11.0. The molecule has 1 fully saturated rings. The molecule has 2 nitrogen and oxygen atoms in total. The molecular weight excluding hydrogens is 308 g/mol. The van der Waals surface area contributed by atoms with E-state index in [1.807, 2.05) is 6.07 Å². The highest BCUT2D eigenvalue weighted by Gasteiger charge is 2.35. The van der Waals surface area contributed by atoms with E-state index in [2.05, 4.69) is 36.4 Å². The molecule has 2 aliphatic rings. The van der Waals surface area contributed by atoms with Crippen LogP contribution < -0.4 is 9.47 Å². The Labute approximate surface area is 151 Å². The number of benzene rings is 2.